The molecular weight excluding hydrogens is 196 g/mol. The Bertz CT molecular complexity index is 243. The van der Waals surface area contributed by atoms with Crippen molar-refractivity contribution in [2.75, 3.05) is 26.7 Å². The monoisotopic (exact) mass is 214 g/mol. The molecule has 1 N–H and O–H groups in total. The molecule has 0 radical (unpaired) electrons. The topological polar surface area (TPSA) is 58.6 Å². The van der Waals surface area contributed by atoms with Gasteiger partial charge in [-0.1, -0.05) is 0 Å². The van der Waals surface area contributed by atoms with Crippen LogP contribution in [0, 0.1) is 0 Å². The summed E-state index contributed by atoms with van der Waals surface area (Å²) in [5.74, 6) is -0.209. The Morgan fingerprint density at radius 3 is 2.87 bits per heavy atom. The molecule has 1 fully saturated rings. The number of nitrogens with zero attached hydrogens (tertiary/aromatic N) is 1. The maximum Gasteiger partial charge on any atom is 0.323 e. The number of methoxy groups -OCH3 is 1. The van der Waals surface area contributed by atoms with Gasteiger partial charge in [-0.05, 0) is 19.4 Å². The number of nitrogens with one attached hydrogen (secondary N) is 1. The van der Waals surface area contributed by atoms with Gasteiger partial charge in [0.2, 0.25) is 5.91 Å². The van der Waals surface area contributed by atoms with Gasteiger partial charge in [0, 0.05) is 20.0 Å². The molecule has 1 saturated heterocycles. The molecule has 0 aromatic heterocycles. The molecule has 0 bridgehead atoms. The van der Waals surface area contributed by atoms with E-state index in [1.54, 1.807) is 0 Å². The third kappa shape index (κ3) is 3.51. The molecule has 1 amide bonds. The fraction of sp³-hybridized carbons (Fsp3) is 0.800. The van der Waals surface area contributed by atoms with Crippen molar-refractivity contribution in [3.8, 4) is 0 Å². The van der Waals surface area contributed by atoms with Crippen molar-refractivity contribution in [1.82, 2.24) is 10.2 Å². The summed E-state index contributed by atoms with van der Waals surface area (Å²) >= 11 is 0. The zero-order valence-corrected chi connectivity index (χ0v) is 9.28. The lowest BCUT2D eigenvalue weighted by molar-refractivity contribution is -0.145. The largest absolute Gasteiger partial charge is 0.468 e. The molecule has 15 heavy (non-hydrogen) atoms. The van der Waals surface area contributed by atoms with Crippen molar-refractivity contribution < 1.29 is 14.3 Å². The normalized spacial score (nSPS) is 21.3. The summed E-state index contributed by atoms with van der Waals surface area (Å²) in [7, 11) is 1.41. The molecule has 0 aromatic rings. The van der Waals surface area contributed by atoms with Gasteiger partial charge in [0.25, 0.3) is 0 Å². The molecule has 0 aliphatic carbocycles. The minimum Gasteiger partial charge on any atom is -0.468 e. The molecule has 1 heterocycles. The van der Waals surface area contributed by atoms with E-state index in [1.807, 2.05) is 0 Å². The maximum absolute atomic E-state index is 11.4. The van der Waals surface area contributed by atoms with Crippen LogP contribution in [0.2, 0.25) is 0 Å². The Labute approximate surface area is 89.8 Å². The summed E-state index contributed by atoms with van der Waals surface area (Å²) in [5.41, 5.74) is 0. The third-order valence-corrected chi connectivity index (χ3v) is 2.61. The minimum absolute atomic E-state index is 0.0381. The van der Waals surface area contributed by atoms with Crippen LogP contribution >= 0.6 is 0 Å². The van der Waals surface area contributed by atoms with E-state index in [-0.39, 0.29) is 17.9 Å². The molecule has 0 saturated carbocycles. The average Bonchev–Trinajstić information content (AvgIpc) is 2.64. The van der Waals surface area contributed by atoms with Crippen molar-refractivity contribution in [3.05, 3.63) is 0 Å². The summed E-state index contributed by atoms with van der Waals surface area (Å²) in [6.45, 7) is 3.68. The summed E-state index contributed by atoms with van der Waals surface area (Å²) in [6.07, 6.45) is 1.87. The molecule has 0 spiro atoms. The summed E-state index contributed by atoms with van der Waals surface area (Å²) in [5, 5.41) is 2.72. The predicted molar refractivity (Wildman–Crippen MR) is 55.3 cm³/mol. The Kier molecular flexibility index (Phi) is 4.55. The van der Waals surface area contributed by atoms with Crippen molar-refractivity contribution in [1.29, 1.82) is 0 Å². The fourth-order valence-electron chi connectivity index (χ4n) is 1.87. The highest BCUT2D eigenvalue weighted by Crippen LogP contribution is 2.17. The summed E-state index contributed by atoms with van der Waals surface area (Å²) < 4.78 is 4.72. The van der Waals surface area contributed by atoms with Gasteiger partial charge in [0.05, 0.1) is 7.11 Å². The second-order valence-electron chi connectivity index (χ2n) is 3.70. The predicted octanol–water partition coefficient (Wildman–Crippen LogP) is -0.240. The smallest absolute Gasteiger partial charge is 0.323 e. The van der Waals surface area contributed by atoms with E-state index in [9.17, 15) is 9.59 Å². The molecule has 86 valence electrons. The quantitative estimate of drug-likeness (QED) is 0.656. The van der Waals surface area contributed by atoms with E-state index < -0.39 is 0 Å². The number of esters is 1. The molecule has 1 aliphatic rings. The van der Waals surface area contributed by atoms with Gasteiger partial charge < -0.3 is 10.1 Å². The molecule has 5 heteroatoms. The first-order valence-electron chi connectivity index (χ1n) is 5.21. The molecular formula is C10H18N2O3. The van der Waals surface area contributed by atoms with Gasteiger partial charge in [-0.3, -0.25) is 14.5 Å². The number of amides is 1. The van der Waals surface area contributed by atoms with Crippen LogP contribution in [-0.2, 0) is 14.3 Å². The van der Waals surface area contributed by atoms with Crippen LogP contribution in [0.25, 0.3) is 0 Å². The van der Waals surface area contributed by atoms with E-state index in [4.69, 9.17) is 4.74 Å². The van der Waals surface area contributed by atoms with Crippen molar-refractivity contribution >= 4 is 11.9 Å². The van der Waals surface area contributed by atoms with E-state index >= 15 is 0 Å². The Balaban J connectivity index is 2.33. The second-order valence-corrected chi connectivity index (χ2v) is 3.70. The minimum atomic E-state index is -0.171. The number of carbonyl (C=O) groups excluding carboxylic acids is 2. The highest BCUT2D eigenvalue weighted by atomic mass is 16.5. The summed E-state index contributed by atoms with van der Waals surface area (Å²) in [6, 6.07) is -0.122. The van der Waals surface area contributed by atoms with E-state index in [1.165, 1.54) is 14.0 Å². The zero-order valence-electron chi connectivity index (χ0n) is 9.28. The van der Waals surface area contributed by atoms with Crippen LogP contribution in [0.4, 0.5) is 0 Å². The Hall–Kier alpha value is -1.10. The van der Waals surface area contributed by atoms with Gasteiger partial charge in [-0.15, -0.1) is 0 Å². The van der Waals surface area contributed by atoms with Crippen molar-refractivity contribution in [2.45, 2.75) is 25.8 Å². The summed E-state index contributed by atoms with van der Waals surface area (Å²) in [4.78, 5) is 24.1. The first-order valence-corrected chi connectivity index (χ1v) is 5.21. The van der Waals surface area contributed by atoms with Crippen LogP contribution < -0.4 is 5.32 Å². The Morgan fingerprint density at radius 1 is 1.53 bits per heavy atom. The van der Waals surface area contributed by atoms with Crippen LogP contribution in [-0.4, -0.2) is 49.6 Å². The average molecular weight is 214 g/mol. The van der Waals surface area contributed by atoms with Gasteiger partial charge in [0.15, 0.2) is 0 Å². The molecule has 1 rings (SSSR count). The molecule has 1 unspecified atom stereocenters. The molecule has 1 aliphatic heterocycles. The fourth-order valence-corrected chi connectivity index (χ4v) is 1.87. The number of rotatable bonds is 4. The van der Waals surface area contributed by atoms with Gasteiger partial charge >= 0.3 is 5.97 Å². The van der Waals surface area contributed by atoms with Crippen molar-refractivity contribution in [3.63, 3.8) is 0 Å². The Morgan fingerprint density at radius 2 is 2.27 bits per heavy atom. The first kappa shape index (κ1) is 12.0. The van der Waals surface area contributed by atoms with Crippen LogP contribution in [0.1, 0.15) is 19.8 Å². The molecule has 0 aromatic carbocycles. The number of ether oxygens (including phenoxy) is 1. The highest BCUT2D eigenvalue weighted by Gasteiger charge is 2.30. The van der Waals surface area contributed by atoms with Crippen molar-refractivity contribution in [2.24, 2.45) is 0 Å². The maximum atomic E-state index is 11.4. The number of hydrogen-bond acceptors (Lipinski definition) is 4. The lowest BCUT2D eigenvalue weighted by Gasteiger charge is -2.21. The highest BCUT2D eigenvalue weighted by molar-refractivity contribution is 5.76. The molecule has 5 nitrogen and oxygen atoms in total. The van der Waals surface area contributed by atoms with Crippen LogP contribution in [0.15, 0.2) is 0 Å². The van der Waals surface area contributed by atoms with Crippen LogP contribution in [0.3, 0.4) is 0 Å². The SMILES string of the molecule is COC(=O)C1CCCN1CCNC(C)=O. The van der Waals surface area contributed by atoms with Gasteiger partial charge in [-0.2, -0.15) is 0 Å². The third-order valence-electron chi connectivity index (χ3n) is 2.61. The lowest BCUT2D eigenvalue weighted by Crippen LogP contribution is -2.41. The van der Waals surface area contributed by atoms with E-state index in [2.05, 4.69) is 10.2 Å². The lowest BCUT2D eigenvalue weighted by atomic mass is 10.2. The van der Waals surface area contributed by atoms with Gasteiger partial charge in [-0.25, -0.2) is 0 Å². The van der Waals surface area contributed by atoms with Crippen LogP contribution in [0.5, 0.6) is 0 Å². The zero-order chi connectivity index (χ0) is 11.3. The first-order chi connectivity index (χ1) is 7.15. The number of likely N-dealkylation sites (tertiary alicyclic amines) is 1. The van der Waals surface area contributed by atoms with E-state index in [0.29, 0.717) is 13.1 Å². The standard InChI is InChI=1S/C10H18N2O3/c1-8(13)11-5-7-12-6-3-4-9(12)10(14)15-2/h9H,3-7H2,1-2H3,(H,11,13). The molecule has 1 atom stereocenters. The number of carbonyl (C=O) groups is 2. The second kappa shape index (κ2) is 5.70. The number of hydrogen-bond donors (Lipinski definition) is 1. The van der Waals surface area contributed by atoms with E-state index in [0.717, 1.165) is 19.4 Å². The van der Waals surface area contributed by atoms with Gasteiger partial charge in [0.1, 0.15) is 6.04 Å².